The van der Waals surface area contributed by atoms with Crippen LogP contribution in [0.25, 0.3) is 0 Å². The monoisotopic (exact) mass is 340 g/mol. The molecule has 1 aliphatic heterocycles. The Morgan fingerprint density at radius 2 is 2.26 bits per heavy atom. The van der Waals surface area contributed by atoms with E-state index in [1.807, 2.05) is 26.0 Å². The molecule has 0 aromatic heterocycles. The molecule has 0 saturated carbocycles. The summed E-state index contributed by atoms with van der Waals surface area (Å²) in [5.41, 5.74) is 0.740. The van der Waals surface area contributed by atoms with Gasteiger partial charge < -0.3 is 20.5 Å². The van der Waals surface area contributed by atoms with Crippen molar-refractivity contribution < 1.29 is 14.6 Å². The third-order valence-electron chi connectivity index (χ3n) is 3.91. The highest BCUT2D eigenvalue weighted by Crippen LogP contribution is 2.37. The SMILES string of the molecule is CC(O)CC(C)(C)CNC(=O)NC1CCOc2c(Cl)cccc21. The molecule has 0 fully saturated rings. The fraction of sp³-hybridized carbons (Fsp3) is 0.588. The minimum absolute atomic E-state index is 0.114. The van der Waals surface area contributed by atoms with Gasteiger partial charge >= 0.3 is 6.03 Å². The molecule has 0 aliphatic carbocycles. The smallest absolute Gasteiger partial charge is 0.315 e. The van der Waals surface area contributed by atoms with Crippen molar-refractivity contribution in [2.45, 2.75) is 45.8 Å². The van der Waals surface area contributed by atoms with Gasteiger partial charge in [-0.25, -0.2) is 4.79 Å². The first-order valence-electron chi connectivity index (χ1n) is 7.92. The predicted octanol–water partition coefficient (Wildman–Crippen LogP) is 3.26. The van der Waals surface area contributed by atoms with Gasteiger partial charge in [0.15, 0.2) is 0 Å². The summed E-state index contributed by atoms with van der Waals surface area (Å²) in [6.07, 6.45) is 0.945. The molecule has 0 radical (unpaired) electrons. The summed E-state index contributed by atoms with van der Waals surface area (Å²) in [6, 6.07) is 5.22. The largest absolute Gasteiger partial charge is 0.492 e. The molecule has 1 heterocycles. The van der Waals surface area contributed by atoms with Gasteiger partial charge in [0.1, 0.15) is 5.75 Å². The zero-order chi connectivity index (χ0) is 17.0. The molecule has 2 atom stereocenters. The van der Waals surface area contributed by atoms with Gasteiger partial charge in [-0.15, -0.1) is 0 Å². The van der Waals surface area contributed by atoms with E-state index in [4.69, 9.17) is 16.3 Å². The molecule has 2 unspecified atom stereocenters. The molecular formula is C17H25ClN2O3. The van der Waals surface area contributed by atoms with Crippen LogP contribution in [0.1, 0.15) is 45.2 Å². The minimum Gasteiger partial charge on any atom is -0.492 e. The number of nitrogens with one attached hydrogen (secondary N) is 2. The second kappa shape index (κ2) is 7.41. The Morgan fingerprint density at radius 1 is 1.52 bits per heavy atom. The van der Waals surface area contributed by atoms with Crippen LogP contribution < -0.4 is 15.4 Å². The molecule has 2 amide bonds. The zero-order valence-electron chi connectivity index (χ0n) is 13.9. The summed E-state index contributed by atoms with van der Waals surface area (Å²) in [6.45, 7) is 6.81. The number of ether oxygens (including phenoxy) is 1. The molecule has 5 nitrogen and oxygen atoms in total. The first kappa shape index (κ1) is 17.9. The zero-order valence-corrected chi connectivity index (χ0v) is 14.6. The van der Waals surface area contributed by atoms with E-state index in [2.05, 4.69) is 10.6 Å². The lowest BCUT2D eigenvalue weighted by atomic mass is 9.87. The average molecular weight is 341 g/mol. The van der Waals surface area contributed by atoms with Gasteiger partial charge in [-0.05, 0) is 24.8 Å². The van der Waals surface area contributed by atoms with Crippen molar-refractivity contribution in [3.8, 4) is 5.75 Å². The number of carbonyl (C=O) groups is 1. The molecule has 1 aromatic carbocycles. The first-order chi connectivity index (χ1) is 10.8. The summed E-state index contributed by atoms with van der Waals surface area (Å²) in [7, 11) is 0. The fourth-order valence-corrected chi connectivity index (χ4v) is 3.17. The summed E-state index contributed by atoms with van der Waals surface area (Å²) in [4.78, 5) is 12.2. The predicted molar refractivity (Wildman–Crippen MR) is 90.9 cm³/mol. The Kier molecular flexibility index (Phi) is 5.76. The van der Waals surface area contributed by atoms with Crippen LogP contribution in [0.5, 0.6) is 5.75 Å². The number of hydrogen-bond acceptors (Lipinski definition) is 3. The molecule has 23 heavy (non-hydrogen) atoms. The molecule has 0 saturated heterocycles. The highest BCUT2D eigenvalue weighted by molar-refractivity contribution is 6.32. The third-order valence-corrected chi connectivity index (χ3v) is 4.20. The van der Waals surface area contributed by atoms with Gasteiger partial charge in [-0.1, -0.05) is 37.6 Å². The van der Waals surface area contributed by atoms with Crippen molar-refractivity contribution in [3.05, 3.63) is 28.8 Å². The van der Waals surface area contributed by atoms with E-state index in [1.165, 1.54) is 0 Å². The number of hydrogen-bond donors (Lipinski definition) is 3. The van der Waals surface area contributed by atoms with Crippen molar-refractivity contribution in [2.75, 3.05) is 13.2 Å². The van der Waals surface area contributed by atoms with Crippen molar-refractivity contribution in [1.29, 1.82) is 0 Å². The second-order valence-electron chi connectivity index (χ2n) is 6.89. The maximum absolute atomic E-state index is 12.2. The lowest BCUT2D eigenvalue weighted by Gasteiger charge is -2.29. The molecule has 128 valence electrons. The van der Waals surface area contributed by atoms with E-state index in [-0.39, 0.29) is 23.6 Å². The van der Waals surface area contributed by atoms with Crippen LogP contribution in [-0.4, -0.2) is 30.4 Å². The van der Waals surface area contributed by atoms with Crippen molar-refractivity contribution in [1.82, 2.24) is 10.6 Å². The van der Waals surface area contributed by atoms with Crippen molar-refractivity contribution in [2.24, 2.45) is 5.41 Å². The standard InChI is InChI=1S/C17H25ClN2O3/c1-11(21)9-17(2,3)10-19-16(22)20-14-7-8-23-15-12(14)5-4-6-13(15)18/h4-6,11,14,21H,7-10H2,1-3H3,(H2,19,20,22). The van der Waals surface area contributed by atoms with Crippen LogP contribution in [0.2, 0.25) is 5.02 Å². The average Bonchev–Trinajstić information content (AvgIpc) is 2.45. The number of amides is 2. The lowest BCUT2D eigenvalue weighted by molar-refractivity contribution is 0.128. The van der Waals surface area contributed by atoms with E-state index in [0.29, 0.717) is 36.8 Å². The Hall–Kier alpha value is -1.46. The number of halogens is 1. The molecule has 2 rings (SSSR count). The van der Waals surface area contributed by atoms with Crippen LogP contribution in [-0.2, 0) is 0 Å². The summed E-state index contributed by atoms with van der Waals surface area (Å²) in [5, 5.41) is 15.9. The van der Waals surface area contributed by atoms with Crippen LogP contribution in [0.3, 0.4) is 0 Å². The molecule has 0 bridgehead atoms. The Morgan fingerprint density at radius 3 is 2.96 bits per heavy atom. The number of urea groups is 1. The fourth-order valence-electron chi connectivity index (χ4n) is 2.94. The van der Waals surface area contributed by atoms with Gasteiger partial charge in [0.2, 0.25) is 0 Å². The normalized spacial score (nSPS) is 18.6. The van der Waals surface area contributed by atoms with E-state index in [9.17, 15) is 9.90 Å². The Labute approximate surface area is 142 Å². The second-order valence-corrected chi connectivity index (χ2v) is 7.30. The molecule has 0 spiro atoms. The Bertz CT molecular complexity index is 561. The number of benzene rings is 1. The number of carbonyl (C=O) groups excluding carboxylic acids is 1. The van der Waals surface area contributed by atoms with Crippen molar-refractivity contribution >= 4 is 17.6 Å². The highest BCUT2D eigenvalue weighted by atomic mass is 35.5. The topological polar surface area (TPSA) is 70.6 Å². The maximum atomic E-state index is 12.2. The van der Waals surface area contributed by atoms with Crippen LogP contribution in [0, 0.1) is 5.41 Å². The van der Waals surface area contributed by atoms with Crippen LogP contribution >= 0.6 is 11.6 Å². The summed E-state index contributed by atoms with van der Waals surface area (Å²) in [5.74, 6) is 0.653. The van der Waals surface area contributed by atoms with Crippen LogP contribution in [0.4, 0.5) is 4.79 Å². The quantitative estimate of drug-likeness (QED) is 0.770. The minimum atomic E-state index is -0.389. The number of aliphatic hydroxyl groups is 1. The number of rotatable bonds is 5. The molecule has 1 aromatic rings. The van der Waals surface area contributed by atoms with Gasteiger partial charge in [-0.2, -0.15) is 0 Å². The Balaban J connectivity index is 1.93. The lowest BCUT2D eigenvalue weighted by Crippen LogP contribution is -2.43. The van der Waals surface area contributed by atoms with Gasteiger partial charge in [0, 0.05) is 18.5 Å². The van der Waals surface area contributed by atoms with E-state index >= 15 is 0 Å². The number of aliphatic hydroxyl groups excluding tert-OH is 1. The maximum Gasteiger partial charge on any atom is 0.315 e. The van der Waals surface area contributed by atoms with Gasteiger partial charge in [0.25, 0.3) is 0 Å². The van der Waals surface area contributed by atoms with Gasteiger partial charge in [-0.3, -0.25) is 0 Å². The third kappa shape index (κ3) is 5.01. The molecule has 3 N–H and O–H groups in total. The number of fused-ring (bicyclic) bond motifs is 1. The van der Waals surface area contributed by atoms with Crippen molar-refractivity contribution in [3.63, 3.8) is 0 Å². The molecular weight excluding hydrogens is 316 g/mol. The summed E-state index contributed by atoms with van der Waals surface area (Å²) < 4.78 is 5.59. The molecule has 1 aliphatic rings. The van der Waals surface area contributed by atoms with Gasteiger partial charge in [0.05, 0.1) is 23.8 Å². The van der Waals surface area contributed by atoms with E-state index in [1.54, 1.807) is 13.0 Å². The molecule has 6 heteroatoms. The highest BCUT2D eigenvalue weighted by Gasteiger charge is 2.26. The van der Waals surface area contributed by atoms with E-state index < -0.39 is 0 Å². The first-order valence-corrected chi connectivity index (χ1v) is 8.30. The summed E-state index contributed by atoms with van der Waals surface area (Å²) >= 11 is 6.14. The number of para-hydroxylation sites is 1. The van der Waals surface area contributed by atoms with E-state index in [0.717, 1.165) is 5.56 Å². The van der Waals surface area contributed by atoms with Crippen LogP contribution in [0.15, 0.2) is 18.2 Å².